The van der Waals surface area contributed by atoms with Gasteiger partial charge in [0.2, 0.25) is 0 Å². The van der Waals surface area contributed by atoms with Crippen LogP contribution in [0, 0.1) is 6.92 Å². The molecule has 6 heteroatoms. The van der Waals surface area contributed by atoms with Crippen molar-refractivity contribution in [2.24, 2.45) is 0 Å². The first-order valence-corrected chi connectivity index (χ1v) is 8.87. The van der Waals surface area contributed by atoms with Crippen LogP contribution in [0.25, 0.3) is 0 Å². The molecule has 1 aliphatic rings. The van der Waals surface area contributed by atoms with Gasteiger partial charge in [0, 0.05) is 5.69 Å². The third-order valence-corrected chi connectivity index (χ3v) is 4.39. The van der Waals surface area contributed by atoms with Crippen molar-refractivity contribution in [1.82, 2.24) is 0 Å². The molecule has 1 aromatic rings. The Bertz CT molecular complexity index is 593. The third kappa shape index (κ3) is 6.38. The van der Waals surface area contributed by atoms with Crippen LogP contribution in [0.3, 0.4) is 0 Å². The van der Waals surface area contributed by atoms with E-state index in [2.05, 4.69) is 5.32 Å². The lowest BCUT2D eigenvalue weighted by atomic mass is 10.1. The Morgan fingerprint density at radius 3 is 2.52 bits per heavy atom. The monoisotopic (exact) mass is 349 g/mol. The Morgan fingerprint density at radius 2 is 1.92 bits per heavy atom. The van der Waals surface area contributed by atoms with Crippen molar-refractivity contribution in [2.75, 3.05) is 11.9 Å². The van der Waals surface area contributed by atoms with Gasteiger partial charge in [-0.25, -0.2) is 4.79 Å². The topological polar surface area (TPSA) is 84.9 Å². The molecule has 0 spiro atoms. The van der Waals surface area contributed by atoms with Crippen molar-refractivity contribution in [1.29, 1.82) is 0 Å². The van der Waals surface area contributed by atoms with Gasteiger partial charge in [-0.15, -0.1) is 0 Å². The normalized spacial score (nSPS) is 16.7. The van der Waals surface area contributed by atoms with E-state index in [0.29, 0.717) is 11.4 Å². The number of carboxylic acid groups (broad SMARTS) is 1. The van der Waals surface area contributed by atoms with E-state index in [4.69, 9.17) is 14.6 Å². The maximum atomic E-state index is 12.4. The highest BCUT2D eigenvalue weighted by Gasteiger charge is 2.21. The molecule has 1 fully saturated rings. The number of benzene rings is 1. The fourth-order valence-electron chi connectivity index (χ4n) is 2.97. The summed E-state index contributed by atoms with van der Waals surface area (Å²) in [7, 11) is 0. The molecule has 6 nitrogen and oxygen atoms in total. The summed E-state index contributed by atoms with van der Waals surface area (Å²) in [6.45, 7) is 3.22. The SMILES string of the molecule is Cc1cc(OCC(=O)O)ccc1NC(=O)C(C)OC1CCCCCC1. The molecule has 1 saturated carbocycles. The Hall–Kier alpha value is -2.08. The zero-order chi connectivity index (χ0) is 18.2. The van der Waals surface area contributed by atoms with E-state index in [9.17, 15) is 9.59 Å². The Kier molecular flexibility index (Phi) is 7.25. The van der Waals surface area contributed by atoms with E-state index >= 15 is 0 Å². The second-order valence-corrected chi connectivity index (χ2v) is 6.54. The van der Waals surface area contributed by atoms with E-state index < -0.39 is 18.7 Å². The van der Waals surface area contributed by atoms with Crippen LogP contribution >= 0.6 is 0 Å². The van der Waals surface area contributed by atoms with Gasteiger partial charge in [0.1, 0.15) is 11.9 Å². The average Bonchev–Trinajstić information content (AvgIpc) is 2.83. The summed E-state index contributed by atoms with van der Waals surface area (Å²) in [5.41, 5.74) is 1.47. The molecule has 25 heavy (non-hydrogen) atoms. The molecule has 0 bridgehead atoms. The van der Waals surface area contributed by atoms with Crippen LogP contribution in [-0.4, -0.2) is 35.8 Å². The summed E-state index contributed by atoms with van der Waals surface area (Å²) < 4.78 is 11.1. The number of carboxylic acids is 1. The number of amides is 1. The van der Waals surface area contributed by atoms with Crippen LogP contribution in [-0.2, 0) is 14.3 Å². The highest BCUT2D eigenvalue weighted by Crippen LogP contribution is 2.23. The Balaban J connectivity index is 1.89. The van der Waals surface area contributed by atoms with Crippen LogP contribution in [0.5, 0.6) is 5.75 Å². The minimum absolute atomic E-state index is 0.163. The van der Waals surface area contributed by atoms with Gasteiger partial charge in [0.05, 0.1) is 6.10 Å². The summed E-state index contributed by atoms with van der Waals surface area (Å²) in [6, 6.07) is 5.06. The van der Waals surface area contributed by atoms with Crippen LogP contribution < -0.4 is 10.1 Å². The number of carbonyl (C=O) groups excluding carboxylic acids is 1. The van der Waals surface area contributed by atoms with Gasteiger partial charge in [-0.1, -0.05) is 25.7 Å². The predicted octanol–water partition coefficient (Wildman–Crippen LogP) is 3.52. The Morgan fingerprint density at radius 1 is 1.24 bits per heavy atom. The third-order valence-electron chi connectivity index (χ3n) is 4.39. The van der Waals surface area contributed by atoms with E-state index in [-0.39, 0.29) is 12.0 Å². The average molecular weight is 349 g/mol. The minimum Gasteiger partial charge on any atom is -0.482 e. The van der Waals surface area contributed by atoms with Gasteiger partial charge < -0.3 is 19.9 Å². The van der Waals surface area contributed by atoms with E-state index in [1.54, 1.807) is 25.1 Å². The maximum Gasteiger partial charge on any atom is 0.341 e. The lowest BCUT2D eigenvalue weighted by molar-refractivity contribution is -0.139. The van der Waals surface area contributed by atoms with Crippen LogP contribution in [0.4, 0.5) is 5.69 Å². The molecule has 1 unspecified atom stereocenters. The van der Waals surface area contributed by atoms with Gasteiger partial charge >= 0.3 is 5.97 Å². The zero-order valence-electron chi connectivity index (χ0n) is 14.9. The fourth-order valence-corrected chi connectivity index (χ4v) is 2.97. The standard InChI is InChI=1S/C19H27NO5/c1-13-11-16(24-12-18(21)22)9-10-17(13)20-19(23)14(2)25-15-7-5-3-4-6-8-15/h9-11,14-15H,3-8,12H2,1-2H3,(H,20,23)(H,21,22). The molecule has 2 rings (SSSR count). The number of ether oxygens (including phenoxy) is 2. The molecule has 0 aliphatic heterocycles. The molecule has 1 aromatic carbocycles. The second kappa shape index (κ2) is 9.42. The highest BCUT2D eigenvalue weighted by molar-refractivity contribution is 5.94. The quantitative estimate of drug-likeness (QED) is 0.736. The molecule has 1 amide bonds. The number of nitrogens with one attached hydrogen (secondary N) is 1. The number of carbonyl (C=O) groups is 2. The van der Waals surface area contributed by atoms with E-state index in [1.807, 2.05) is 6.92 Å². The molecule has 1 aliphatic carbocycles. The summed E-state index contributed by atoms with van der Waals surface area (Å²) in [6.07, 6.45) is 6.51. The van der Waals surface area contributed by atoms with Gasteiger partial charge in [-0.2, -0.15) is 0 Å². The molecule has 0 radical (unpaired) electrons. The fraction of sp³-hybridized carbons (Fsp3) is 0.579. The van der Waals surface area contributed by atoms with Crippen LogP contribution in [0.15, 0.2) is 18.2 Å². The molecule has 138 valence electrons. The number of anilines is 1. The first-order valence-electron chi connectivity index (χ1n) is 8.87. The van der Waals surface area contributed by atoms with Crippen LogP contribution in [0.1, 0.15) is 51.0 Å². The van der Waals surface area contributed by atoms with Gasteiger partial charge in [0.15, 0.2) is 6.61 Å². The molecule has 1 atom stereocenters. The number of aliphatic carboxylic acids is 1. The van der Waals surface area contributed by atoms with Crippen molar-refractivity contribution in [3.8, 4) is 5.75 Å². The number of rotatable bonds is 7. The molecular formula is C19H27NO5. The highest BCUT2D eigenvalue weighted by atomic mass is 16.5. The molecule has 0 aromatic heterocycles. The summed E-state index contributed by atoms with van der Waals surface area (Å²) in [5.74, 6) is -0.744. The second-order valence-electron chi connectivity index (χ2n) is 6.54. The summed E-state index contributed by atoms with van der Waals surface area (Å²) in [5, 5.41) is 11.5. The molecule has 2 N–H and O–H groups in total. The number of hydrogen-bond acceptors (Lipinski definition) is 4. The van der Waals surface area contributed by atoms with Gasteiger partial charge in [0.25, 0.3) is 5.91 Å². The van der Waals surface area contributed by atoms with Gasteiger partial charge in [-0.05, 0) is 50.5 Å². The molecule has 0 heterocycles. The van der Waals surface area contributed by atoms with Crippen molar-refractivity contribution in [3.63, 3.8) is 0 Å². The smallest absolute Gasteiger partial charge is 0.341 e. The minimum atomic E-state index is -1.03. The summed E-state index contributed by atoms with van der Waals surface area (Å²) in [4.78, 5) is 22.9. The van der Waals surface area contributed by atoms with E-state index in [1.165, 1.54) is 12.8 Å². The lowest BCUT2D eigenvalue weighted by Crippen LogP contribution is -2.31. The zero-order valence-corrected chi connectivity index (χ0v) is 14.9. The predicted molar refractivity (Wildman–Crippen MR) is 95.0 cm³/mol. The number of aryl methyl sites for hydroxylation is 1. The largest absolute Gasteiger partial charge is 0.482 e. The van der Waals surface area contributed by atoms with Crippen LogP contribution in [0.2, 0.25) is 0 Å². The first-order chi connectivity index (χ1) is 12.0. The number of hydrogen-bond donors (Lipinski definition) is 2. The maximum absolute atomic E-state index is 12.4. The first kappa shape index (κ1) is 19.2. The molecule has 0 saturated heterocycles. The van der Waals surface area contributed by atoms with Crippen molar-refractivity contribution in [3.05, 3.63) is 23.8 Å². The lowest BCUT2D eigenvalue weighted by Gasteiger charge is -2.21. The molecular weight excluding hydrogens is 322 g/mol. The van der Waals surface area contributed by atoms with Crippen molar-refractivity contribution in [2.45, 2.75) is 64.6 Å². The Labute approximate surface area is 148 Å². The van der Waals surface area contributed by atoms with Crippen molar-refractivity contribution >= 4 is 17.6 Å². The van der Waals surface area contributed by atoms with E-state index in [0.717, 1.165) is 31.2 Å². The van der Waals surface area contributed by atoms with Gasteiger partial charge in [-0.3, -0.25) is 4.79 Å². The summed E-state index contributed by atoms with van der Waals surface area (Å²) >= 11 is 0. The van der Waals surface area contributed by atoms with Crippen molar-refractivity contribution < 1.29 is 24.2 Å².